The minimum Gasteiger partial charge on any atom is -0.302 e. The van der Waals surface area contributed by atoms with Gasteiger partial charge in [0.1, 0.15) is 0 Å². The second-order valence-electron chi connectivity index (χ2n) is 8.21. The van der Waals surface area contributed by atoms with E-state index in [9.17, 15) is 0 Å². The lowest BCUT2D eigenvalue weighted by Gasteiger charge is -2.43. The van der Waals surface area contributed by atoms with Crippen LogP contribution in [0.2, 0.25) is 0 Å². The summed E-state index contributed by atoms with van der Waals surface area (Å²) in [5.74, 6) is 0.940. The highest BCUT2D eigenvalue weighted by Crippen LogP contribution is 2.40. The molecule has 3 heterocycles. The monoisotopic (exact) mass is 279 g/mol. The first kappa shape index (κ1) is 14.8. The smallest absolute Gasteiger partial charge is 0.00539 e. The third-order valence-corrected chi connectivity index (χ3v) is 5.95. The first-order chi connectivity index (χ1) is 9.47. The van der Waals surface area contributed by atoms with E-state index in [0.29, 0.717) is 5.41 Å². The van der Waals surface area contributed by atoms with Crippen LogP contribution < -0.4 is 0 Å². The summed E-state index contributed by atoms with van der Waals surface area (Å²) in [5.41, 5.74) is 0.645. The van der Waals surface area contributed by atoms with Gasteiger partial charge < -0.3 is 14.7 Å². The summed E-state index contributed by atoms with van der Waals surface area (Å²) < 4.78 is 0. The molecule has 3 saturated heterocycles. The van der Waals surface area contributed by atoms with Crippen LogP contribution in [-0.4, -0.2) is 72.6 Å². The summed E-state index contributed by atoms with van der Waals surface area (Å²) in [4.78, 5) is 8.06. The molecule has 3 fully saturated rings. The second kappa shape index (κ2) is 5.58. The fourth-order valence-electron chi connectivity index (χ4n) is 4.44. The minimum atomic E-state index is 0.645. The van der Waals surface area contributed by atoms with Crippen molar-refractivity contribution in [1.82, 2.24) is 14.7 Å². The van der Waals surface area contributed by atoms with Crippen LogP contribution in [0.1, 0.15) is 40.5 Å². The minimum absolute atomic E-state index is 0.645. The molecule has 0 N–H and O–H groups in total. The van der Waals surface area contributed by atoms with Crippen LogP contribution >= 0.6 is 0 Å². The Kier molecular flexibility index (Phi) is 4.13. The van der Waals surface area contributed by atoms with Crippen molar-refractivity contribution in [2.45, 2.75) is 52.6 Å². The van der Waals surface area contributed by atoms with Gasteiger partial charge in [0.05, 0.1) is 0 Å². The van der Waals surface area contributed by atoms with Crippen molar-refractivity contribution in [3.63, 3.8) is 0 Å². The standard InChI is InChI=1S/C17H33N3/c1-14(2)19-8-6-17(13-19)5-7-18(12-17)9-16-10-20(11-16)15(3)4/h14-16H,5-13H2,1-4H3. The van der Waals surface area contributed by atoms with Crippen LogP contribution in [0.25, 0.3) is 0 Å². The molecule has 0 aromatic carbocycles. The van der Waals surface area contributed by atoms with Crippen LogP contribution in [0.4, 0.5) is 0 Å². The van der Waals surface area contributed by atoms with Crippen molar-refractivity contribution in [3.8, 4) is 0 Å². The molecule has 0 aromatic heterocycles. The van der Waals surface area contributed by atoms with Gasteiger partial charge in [0, 0.05) is 44.8 Å². The first-order valence-electron chi connectivity index (χ1n) is 8.68. The van der Waals surface area contributed by atoms with E-state index < -0.39 is 0 Å². The van der Waals surface area contributed by atoms with Crippen LogP contribution in [0, 0.1) is 11.3 Å². The summed E-state index contributed by atoms with van der Waals surface area (Å²) in [7, 11) is 0. The maximum absolute atomic E-state index is 2.77. The lowest BCUT2D eigenvalue weighted by atomic mass is 9.86. The molecule has 3 aliphatic rings. The quantitative estimate of drug-likeness (QED) is 0.780. The van der Waals surface area contributed by atoms with E-state index >= 15 is 0 Å². The maximum atomic E-state index is 2.77. The number of hydrogen-bond acceptors (Lipinski definition) is 3. The Balaban J connectivity index is 1.44. The van der Waals surface area contributed by atoms with Crippen LogP contribution in [0.3, 0.4) is 0 Å². The van der Waals surface area contributed by atoms with Crippen molar-refractivity contribution < 1.29 is 0 Å². The molecule has 3 aliphatic heterocycles. The Morgan fingerprint density at radius 3 is 2.15 bits per heavy atom. The molecule has 0 aliphatic carbocycles. The fraction of sp³-hybridized carbons (Fsp3) is 1.00. The average molecular weight is 279 g/mol. The lowest BCUT2D eigenvalue weighted by Crippen LogP contribution is -2.53. The Labute approximate surface area is 125 Å². The zero-order chi connectivity index (χ0) is 14.3. The molecule has 1 atom stereocenters. The van der Waals surface area contributed by atoms with Crippen LogP contribution in [-0.2, 0) is 0 Å². The van der Waals surface area contributed by atoms with Gasteiger partial charge >= 0.3 is 0 Å². The molecule has 0 bridgehead atoms. The molecule has 0 aromatic rings. The van der Waals surface area contributed by atoms with Crippen molar-refractivity contribution in [2.24, 2.45) is 11.3 Å². The third-order valence-electron chi connectivity index (χ3n) is 5.95. The summed E-state index contributed by atoms with van der Waals surface area (Å²) in [5, 5.41) is 0. The highest BCUT2D eigenvalue weighted by molar-refractivity contribution is 4.98. The zero-order valence-corrected chi connectivity index (χ0v) is 13.9. The largest absolute Gasteiger partial charge is 0.302 e. The van der Waals surface area contributed by atoms with E-state index in [0.717, 1.165) is 18.0 Å². The van der Waals surface area contributed by atoms with Gasteiger partial charge in [-0.2, -0.15) is 0 Å². The summed E-state index contributed by atoms with van der Waals surface area (Å²) in [6.07, 6.45) is 2.88. The number of nitrogens with zero attached hydrogens (tertiary/aromatic N) is 3. The Morgan fingerprint density at radius 1 is 0.900 bits per heavy atom. The molecule has 3 heteroatoms. The summed E-state index contributed by atoms with van der Waals surface area (Å²) >= 11 is 0. The molecule has 20 heavy (non-hydrogen) atoms. The SMILES string of the molecule is CC(C)N1CC(CN2CCC3(CCN(C(C)C)C3)C2)C1. The van der Waals surface area contributed by atoms with Gasteiger partial charge in [-0.05, 0) is 65.0 Å². The Bertz CT molecular complexity index is 335. The van der Waals surface area contributed by atoms with Crippen molar-refractivity contribution >= 4 is 0 Å². The van der Waals surface area contributed by atoms with Gasteiger partial charge in [0.15, 0.2) is 0 Å². The number of rotatable bonds is 4. The Morgan fingerprint density at radius 2 is 1.55 bits per heavy atom. The lowest BCUT2D eigenvalue weighted by molar-refractivity contribution is 0.0448. The van der Waals surface area contributed by atoms with Gasteiger partial charge in [-0.1, -0.05) is 0 Å². The first-order valence-corrected chi connectivity index (χ1v) is 8.68. The Hall–Kier alpha value is -0.120. The molecule has 0 radical (unpaired) electrons. The van der Waals surface area contributed by atoms with Gasteiger partial charge in [-0.15, -0.1) is 0 Å². The third kappa shape index (κ3) is 2.90. The van der Waals surface area contributed by atoms with Gasteiger partial charge in [0.25, 0.3) is 0 Å². The molecule has 0 saturated carbocycles. The van der Waals surface area contributed by atoms with E-state index in [4.69, 9.17) is 0 Å². The summed E-state index contributed by atoms with van der Waals surface area (Å²) in [6.45, 7) is 18.8. The van der Waals surface area contributed by atoms with E-state index in [1.165, 1.54) is 58.7 Å². The van der Waals surface area contributed by atoms with Gasteiger partial charge in [0.2, 0.25) is 0 Å². The molecular weight excluding hydrogens is 246 g/mol. The average Bonchev–Trinajstić information content (AvgIpc) is 2.91. The molecule has 0 amide bonds. The molecule has 1 spiro atoms. The van der Waals surface area contributed by atoms with Gasteiger partial charge in [-0.3, -0.25) is 0 Å². The highest BCUT2D eigenvalue weighted by Gasteiger charge is 2.44. The van der Waals surface area contributed by atoms with E-state index in [1.807, 2.05) is 0 Å². The number of hydrogen-bond donors (Lipinski definition) is 0. The predicted octanol–water partition coefficient (Wildman–Crippen LogP) is 2.13. The normalized spacial score (nSPS) is 33.9. The van der Waals surface area contributed by atoms with Crippen LogP contribution in [0.5, 0.6) is 0 Å². The van der Waals surface area contributed by atoms with E-state index in [-0.39, 0.29) is 0 Å². The highest BCUT2D eigenvalue weighted by atomic mass is 15.3. The predicted molar refractivity (Wildman–Crippen MR) is 85.0 cm³/mol. The molecule has 116 valence electrons. The van der Waals surface area contributed by atoms with E-state index in [1.54, 1.807) is 0 Å². The van der Waals surface area contributed by atoms with Gasteiger partial charge in [-0.25, -0.2) is 0 Å². The molecule has 3 rings (SSSR count). The second-order valence-corrected chi connectivity index (χ2v) is 8.21. The van der Waals surface area contributed by atoms with Crippen molar-refractivity contribution in [3.05, 3.63) is 0 Å². The molecular formula is C17H33N3. The maximum Gasteiger partial charge on any atom is 0.00539 e. The van der Waals surface area contributed by atoms with Crippen molar-refractivity contribution in [1.29, 1.82) is 0 Å². The molecule has 1 unspecified atom stereocenters. The molecule has 3 nitrogen and oxygen atoms in total. The van der Waals surface area contributed by atoms with E-state index in [2.05, 4.69) is 42.4 Å². The van der Waals surface area contributed by atoms with Crippen LogP contribution in [0.15, 0.2) is 0 Å². The zero-order valence-electron chi connectivity index (χ0n) is 13.9. The topological polar surface area (TPSA) is 9.72 Å². The fourth-order valence-corrected chi connectivity index (χ4v) is 4.44. The summed E-state index contributed by atoms with van der Waals surface area (Å²) in [6, 6.07) is 1.47. The number of likely N-dealkylation sites (tertiary alicyclic amines) is 3. The van der Waals surface area contributed by atoms with Crippen molar-refractivity contribution in [2.75, 3.05) is 45.8 Å².